The van der Waals surface area contributed by atoms with Gasteiger partial charge in [-0.05, 0) is 92.3 Å². The van der Waals surface area contributed by atoms with E-state index in [9.17, 15) is 0 Å². The van der Waals surface area contributed by atoms with Crippen LogP contribution in [0.1, 0.15) is 151 Å². The Morgan fingerprint density at radius 1 is 0.838 bits per heavy atom. The van der Waals surface area contributed by atoms with Crippen LogP contribution in [-0.2, 0) is 9.47 Å². The summed E-state index contributed by atoms with van der Waals surface area (Å²) in [5, 5.41) is 0. The molecule has 0 aromatic carbocycles. The van der Waals surface area contributed by atoms with Crippen molar-refractivity contribution in [2.24, 2.45) is 46.3 Å². The van der Waals surface area contributed by atoms with Gasteiger partial charge in [0.2, 0.25) is 0 Å². The molecule has 0 aromatic heterocycles. The number of ether oxygens (including phenoxy) is 2. The lowest BCUT2D eigenvalue weighted by Crippen LogP contribution is -2.58. The third-order valence-corrected chi connectivity index (χ3v) is 13.1. The first-order valence-corrected chi connectivity index (χ1v) is 17.0. The molecule has 5 aliphatic rings. The zero-order valence-corrected chi connectivity index (χ0v) is 25.7. The number of unbranched alkanes of at least 4 members (excludes halogenated alkanes) is 5. The van der Waals surface area contributed by atoms with Gasteiger partial charge in [0, 0.05) is 18.4 Å². The van der Waals surface area contributed by atoms with Gasteiger partial charge in [-0.1, -0.05) is 92.9 Å². The molecule has 0 radical (unpaired) electrons. The highest BCUT2D eigenvalue weighted by molar-refractivity contribution is 5.24. The van der Waals surface area contributed by atoms with Crippen LogP contribution in [0.15, 0.2) is 0 Å². The maximum atomic E-state index is 6.82. The summed E-state index contributed by atoms with van der Waals surface area (Å²) < 4.78 is 13.3. The lowest BCUT2D eigenvalue weighted by atomic mass is 9.44. The fourth-order valence-corrected chi connectivity index (χ4v) is 10.9. The molecule has 0 amide bonds. The quantitative estimate of drug-likeness (QED) is 0.180. The Morgan fingerprint density at radius 3 is 2.41 bits per heavy atom. The molecule has 4 saturated carbocycles. The Bertz CT molecular complexity index is 748. The van der Waals surface area contributed by atoms with Gasteiger partial charge in [0.05, 0.1) is 12.2 Å². The molecule has 0 unspecified atom stereocenters. The summed E-state index contributed by atoms with van der Waals surface area (Å²) in [6, 6.07) is 0. The molecule has 37 heavy (non-hydrogen) atoms. The fourth-order valence-electron chi connectivity index (χ4n) is 10.9. The van der Waals surface area contributed by atoms with E-state index in [2.05, 4.69) is 41.5 Å². The van der Waals surface area contributed by atoms with Crippen LogP contribution in [0.3, 0.4) is 0 Å². The fraction of sp³-hybridized carbons (Fsp3) is 1.00. The average Bonchev–Trinajstić information content (AvgIpc) is 3.44. The molecule has 1 aliphatic heterocycles. The molecule has 214 valence electrons. The number of rotatable bonds is 13. The van der Waals surface area contributed by atoms with E-state index >= 15 is 0 Å². The number of hydrogen-bond acceptors (Lipinski definition) is 2. The second-order valence-electron chi connectivity index (χ2n) is 15.6. The van der Waals surface area contributed by atoms with Crippen molar-refractivity contribution < 1.29 is 9.47 Å². The molecule has 2 heteroatoms. The molecular weight excluding hydrogens is 452 g/mol. The van der Waals surface area contributed by atoms with Gasteiger partial charge in [0.15, 0.2) is 0 Å². The van der Waals surface area contributed by atoms with Gasteiger partial charge in [-0.15, -0.1) is 0 Å². The summed E-state index contributed by atoms with van der Waals surface area (Å²) in [6.07, 6.45) is 24.5. The Hall–Kier alpha value is -0.0800. The van der Waals surface area contributed by atoms with Gasteiger partial charge in [0.25, 0.3) is 0 Å². The van der Waals surface area contributed by atoms with E-state index in [0.717, 1.165) is 42.1 Å². The highest BCUT2D eigenvalue weighted by atomic mass is 16.6. The molecule has 1 spiro atoms. The maximum absolute atomic E-state index is 6.82. The van der Waals surface area contributed by atoms with Crippen LogP contribution in [0.5, 0.6) is 0 Å². The Labute approximate surface area is 230 Å². The van der Waals surface area contributed by atoms with Crippen molar-refractivity contribution in [3.05, 3.63) is 0 Å². The molecular formula is C35H62O2. The average molecular weight is 515 g/mol. The normalized spacial score (nSPS) is 45.2. The van der Waals surface area contributed by atoms with E-state index in [1.165, 1.54) is 109 Å². The van der Waals surface area contributed by atoms with Crippen molar-refractivity contribution in [2.75, 3.05) is 6.61 Å². The number of hydrogen-bond donors (Lipinski definition) is 0. The summed E-state index contributed by atoms with van der Waals surface area (Å²) in [7, 11) is 0. The Balaban J connectivity index is 1.17. The summed E-state index contributed by atoms with van der Waals surface area (Å²) in [4.78, 5) is 0. The Kier molecular flexibility index (Phi) is 8.78. The molecule has 4 aliphatic carbocycles. The van der Waals surface area contributed by atoms with E-state index in [-0.39, 0.29) is 5.60 Å². The second-order valence-corrected chi connectivity index (χ2v) is 15.6. The van der Waals surface area contributed by atoms with Crippen LogP contribution in [0.4, 0.5) is 0 Å². The molecule has 1 heterocycles. The van der Waals surface area contributed by atoms with Crippen molar-refractivity contribution in [3.63, 3.8) is 0 Å². The Morgan fingerprint density at radius 2 is 1.62 bits per heavy atom. The summed E-state index contributed by atoms with van der Waals surface area (Å²) in [6.45, 7) is 16.0. The summed E-state index contributed by atoms with van der Waals surface area (Å²) in [5.41, 5.74) is 1.14. The van der Waals surface area contributed by atoms with Crippen LogP contribution < -0.4 is 0 Å². The second kappa shape index (κ2) is 11.4. The largest absolute Gasteiger partial charge is 0.378 e. The van der Waals surface area contributed by atoms with Gasteiger partial charge in [-0.3, -0.25) is 0 Å². The van der Waals surface area contributed by atoms with Gasteiger partial charge in [0.1, 0.15) is 5.60 Å². The van der Waals surface area contributed by atoms with Crippen LogP contribution >= 0.6 is 0 Å². The van der Waals surface area contributed by atoms with Gasteiger partial charge in [-0.2, -0.15) is 0 Å². The van der Waals surface area contributed by atoms with Gasteiger partial charge < -0.3 is 9.47 Å². The van der Waals surface area contributed by atoms with E-state index in [4.69, 9.17) is 9.47 Å². The maximum Gasteiger partial charge on any atom is 0.103 e. The first-order chi connectivity index (χ1) is 17.7. The van der Waals surface area contributed by atoms with Crippen LogP contribution in [0.25, 0.3) is 0 Å². The third kappa shape index (κ3) is 5.23. The molecule has 2 nitrogen and oxygen atoms in total. The van der Waals surface area contributed by atoms with Crippen LogP contribution in [0.2, 0.25) is 0 Å². The SMILES string of the molecule is CCCCCCCCO[C@H]1CC[C@]2(C)[C@H]3CC[C@]4(C)[C@@H]([C@H](C)CCCC(C)C)CC[C@H]4[C@@H]3C[C@@H]3O[C@@]32C1. The van der Waals surface area contributed by atoms with Crippen molar-refractivity contribution in [2.45, 2.75) is 169 Å². The number of fused-ring (bicyclic) bond motifs is 4. The zero-order valence-electron chi connectivity index (χ0n) is 25.7. The van der Waals surface area contributed by atoms with Crippen molar-refractivity contribution in [3.8, 4) is 0 Å². The minimum Gasteiger partial charge on any atom is -0.378 e. The predicted octanol–water partition coefficient (Wildman–Crippen LogP) is 9.98. The first-order valence-electron chi connectivity index (χ1n) is 17.0. The predicted molar refractivity (Wildman–Crippen MR) is 156 cm³/mol. The van der Waals surface area contributed by atoms with Crippen LogP contribution in [0, 0.1) is 46.3 Å². The number of epoxide rings is 1. The van der Waals surface area contributed by atoms with Crippen molar-refractivity contribution in [1.82, 2.24) is 0 Å². The van der Waals surface area contributed by atoms with Gasteiger partial charge >= 0.3 is 0 Å². The van der Waals surface area contributed by atoms with Crippen molar-refractivity contribution in [1.29, 1.82) is 0 Å². The van der Waals surface area contributed by atoms with Crippen LogP contribution in [-0.4, -0.2) is 24.4 Å². The van der Waals surface area contributed by atoms with E-state index in [1.807, 2.05) is 0 Å². The zero-order chi connectivity index (χ0) is 26.3. The first kappa shape index (κ1) is 28.4. The minimum absolute atomic E-state index is 0.161. The highest BCUT2D eigenvalue weighted by Crippen LogP contribution is 2.74. The molecule has 10 atom stereocenters. The van der Waals surface area contributed by atoms with E-state index in [1.54, 1.807) is 0 Å². The molecule has 5 rings (SSSR count). The monoisotopic (exact) mass is 514 g/mol. The molecule has 1 saturated heterocycles. The lowest BCUT2D eigenvalue weighted by Gasteiger charge is -2.59. The minimum atomic E-state index is 0.161. The van der Waals surface area contributed by atoms with E-state index < -0.39 is 0 Å². The van der Waals surface area contributed by atoms with Gasteiger partial charge in [-0.25, -0.2) is 0 Å². The lowest BCUT2D eigenvalue weighted by molar-refractivity contribution is -0.125. The third-order valence-electron chi connectivity index (χ3n) is 13.1. The summed E-state index contributed by atoms with van der Waals surface area (Å²) >= 11 is 0. The molecule has 0 bridgehead atoms. The standard InChI is InChI=1S/C35H62O2/c1-7-8-9-10-11-12-22-36-27-18-21-34(6)31-19-20-33(5)29(26(4)15-13-14-25(2)3)16-17-30(33)28(31)23-32-35(34,24-27)37-32/h25-32H,7-24H2,1-6H3/t26-,27+,28+,29-,30+,31+,32+,33-,34-,35+/m1/s1. The highest BCUT2D eigenvalue weighted by Gasteiger charge is 2.76. The van der Waals surface area contributed by atoms with E-state index in [0.29, 0.717) is 23.0 Å². The molecule has 5 fully saturated rings. The molecule has 0 N–H and O–H groups in total. The smallest absolute Gasteiger partial charge is 0.103 e. The molecule has 0 aromatic rings. The topological polar surface area (TPSA) is 21.8 Å². The summed E-state index contributed by atoms with van der Waals surface area (Å²) in [5.74, 6) is 5.46. The van der Waals surface area contributed by atoms with Crippen molar-refractivity contribution >= 4 is 0 Å².